The summed E-state index contributed by atoms with van der Waals surface area (Å²) in [5.41, 5.74) is 4.81. The molecular weight excluding hydrogens is 436 g/mol. The largest absolute Gasteiger partial charge is 0.491 e. The Hall–Kier alpha value is -1.04. The van der Waals surface area contributed by atoms with E-state index in [4.69, 9.17) is 9.16 Å². The molecule has 3 aliphatic rings. The highest BCUT2D eigenvalue weighted by atomic mass is 28.4. The van der Waals surface area contributed by atoms with Crippen LogP contribution in [0.25, 0.3) is 0 Å². The number of benzene rings is 1. The van der Waals surface area contributed by atoms with Gasteiger partial charge in [0.1, 0.15) is 12.4 Å². The highest BCUT2D eigenvalue weighted by Gasteiger charge is 2.48. The van der Waals surface area contributed by atoms with Gasteiger partial charge in [-0.3, -0.25) is 0 Å². The molecule has 0 unspecified atom stereocenters. The Bertz CT molecular complexity index is 799. The fourth-order valence-corrected chi connectivity index (χ4v) is 13.0. The van der Waals surface area contributed by atoms with Gasteiger partial charge < -0.3 is 19.4 Å². The van der Waals surface area contributed by atoms with Gasteiger partial charge in [0.25, 0.3) is 0 Å². The molecule has 192 valence electrons. The van der Waals surface area contributed by atoms with Crippen molar-refractivity contribution in [2.75, 3.05) is 24.7 Å². The average Bonchev–Trinajstić information content (AvgIpc) is 2.77. The Morgan fingerprint density at radius 3 is 2.24 bits per heavy atom. The molecule has 0 bridgehead atoms. The molecule has 5 heteroatoms. The summed E-state index contributed by atoms with van der Waals surface area (Å²) in [6, 6.07) is 8.18. The van der Waals surface area contributed by atoms with Crippen molar-refractivity contribution in [1.82, 2.24) is 5.32 Å². The van der Waals surface area contributed by atoms with Gasteiger partial charge in [0.15, 0.2) is 8.32 Å². The van der Waals surface area contributed by atoms with Gasteiger partial charge in [-0.1, -0.05) is 54.4 Å². The third-order valence-electron chi connectivity index (χ3n) is 9.30. The minimum atomic E-state index is -1.83. The molecule has 1 saturated heterocycles. The molecule has 2 saturated carbocycles. The molecule has 34 heavy (non-hydrogen) atoms. The zero-order valence-electron chi connectivity index (χ0n) is 23.0. The molecule has 1 aromatic carbocycles. The summed E-state index contributed by atoms with van der Waals surface area (Å²) in [5, 5.41) is 4.09. The fraction of sp³-hybridized carbons (Fsp3) is 0.793. The van der Waals surface area contributed by atoms with E-state index in [-0.39, 0.29) is 0 Å². The Morgan fingerprint density at radius 2 is 1.65 bits per heavy atom. The lowest BCUT2D eigenvalue weighted by atomic mass is 9.71. The fourth-order valence-electron chi connectivity index (χ4n) is 7.57. The number of hydrogen-bond acceptors (Lipinski definition) is 4. The minimum absolute atomic E-state index is 0.360. The highest BCUT2D eigenvalue weighted by Crippen LogP contribution is 2.43. The van der Waals surface area contributed by atoms with Crippen molar-refractivity contribution in [1.29, 1.82) is 0 Å². The lowest BCUT2D eigenvalue weighted by Crippen LogP contribution is -2.72. The normalized spacial score (nSPS) is 24.6. The molecule has 0 aromatic heterocycles. The van der Waals surface area contributed by atoms with Crippen molar-refractivity contribution in [3.63, 3.8) is 0 Å². The van der Waals surface area contributed by atoms with Crippen LogP contribution in [-0.2, 0) is 4.43 Å². The predicted octanol–water partition coefficient (Wildman–Crippen LogP) is 7.21. The van der Waals surface area contributed by atoms with Gasteiger partial charge in [-0.2, -0.15) is 0 Å². The van der Waals surface area contributed by atoms with Gasteiger partial charge in [-0.25, -0.2) is 0 Å². The first-order chi connectivity index (χ1) is 16.2. The van der Waals surface area contributed by atoms with Gasteiger partial charge in [0.2, 0.25) is 0 Å². The van der Waals surface area contributed by atoms with Crippen LogP contribution in [0.15, 0.2) is 18.2 Å². The maximum atomic E-state index is 6.69. The van der Waals surface area contributed by atoms with Crippen molar-refractivity contribution in [3.8, 4) is 5.75 Å². The zero-order valence-corrected chi connectivity index (χ0v) is 24.0. The smallest absolute Gasteiger partial charge is 0.200 e. The van der Waals surface area contributed by atoms with Crippen LogP contribution in [0.3, 0.4) is 0 Å². The van der Waals surface area contributed by atoms with E-state index in [1.54, 1.807) is 0 Å². The first-order valence-corrected chi connectivity index (χ1v) is 16.2. The molecular formula is C29H50N2O2Si. The van der Waals surface area contributed by atoms with Gasteiger partial charge in [-0.15, -0.1) is 0 Å². The number of aryl methyl sites for hydroxylation is 1. The molecule has 0 amide bonds. The van der Waals surface area contributed by atoms with Crippen molar-refractivity contribution >= 4 is 14.0 Å². The van der Waals surface area contributed by atoms with Crippen molar-refractivity contribution in [2.24, 2.45) is 0 Å². The average molecular weight is 487 g/mol. The van der Waals surface area contributed by atoms with Crippen LogP contribution in [0.1, 0.15) is 92.1 Å². The summed E-state index contributed by atoms with van der Waals surface area (Å²) in [6.07, 6.45) is 9.43. The SMILES string of the molecule is Cc1cc(N2CC3(CCC3)N[C@H]3CCCC[C@@H]32)ccc1OCCO[Si](C(C)C)(C(C)C)C(C)C. The first kappa shape index (κ1) is 26.0. The van der Waals surface area contributed by atoms with Crippen LogP contribution in [-0.4, -0.2) is 45.7 Å². The maximum Gasteiger partial charge on any atom is 0.200 e. The monoisotopic (exact) mass is 486 g/mol. The van der Waals surface area contributed by atoms with E-state index in [1.165, 1.54) is 56.2 Å². The summed E-state index contributed by atoms with van der Waals surface area (Å²) in [7, 11) is -1.83. The van der Waals surface area contributed by atoms with E-state index in [0.717, 1.165) is 12.3 Å². The summed E-state index contributed by atoms with van der Waals surface area (Å²) in [4.78, 5) is 2.74. The van der Waals surface area contributed by atoms with E-state index >= 15 is 0 Å². The molecule has 0 radical (unpaired) electrons. The standard InChI is InChI=1S/C29H50N2O2Si/c1-21(2)34(22(3)4,23(5)6)33-18-17-32-28-14-13-25(19-24(28)7)31-20-29(15-10-16-29)30-26-11-8-9-12-27(26)31/h13-14,19,21-23,26-27,30H,8-12,15-18,20H2,1-7H3/t26-,27-/m0/s1. The second kappa shape index (κ2) is 10.5. The summed E-state index contributed by atoms with van der Waals surface area (Å²) < 4.78 is 13.0. The molecule has 1 spiro atoms. The molecule has 1 aliphatic heterocycles. The van der Waals surface area contributed by atoms with E-state index in [1.807, 2.05) is 0 Å². The second-order valence-electron chi connectivity index (χ2n) is 12.3. The predicted molar refractivity (Wildman–Crippen MR) is 147 cm³/mol. The third-order valence-corrected chi connectivity index (χ3v) is 15.4. The van der Waals surface area contributed by atoms with E-state index < -0.39 is 8.32 Å². The topological polar surface area (TPSA) is 33.7 Å². The van der Waals surface area contributed by atoms with Crippen molar-refractivity contribution in [3.05, 3.63) is 23.8 Å². The Balaban J connectivity index is 1.40. The maximum absolute atomic E-state index is 6.69. The quantitative estimate of drug-likeness (QED) is 0.295. The Labute approximate surface area is 210 Å². The van der Waals surface area contributed by atoms with Crippen LogP contribution >= 0.6 is 0 Å². The Kier molecular flexibility index (Phi) is 8.05. The van der Waals surface area contributed by atoms with Crippen molar-refractivity contribution < 1.29 is 9.16 Å². The summed E-state index contributed by atoms with van der Waals surface area (Å²) in [5.74, 6) is 1.01. The number of nitrogens with zero attached hydrogens (tertiary/aromatic N) is 1. The number of ether oxygens (including phenoxy) is 1. The molecule has 1 heterocycles. The lowest BCUT2D eigenvalue weighted by Gasteiger charge is -2.58. The third kappa shape index (κ3) is 4.94. The second-order valence-corrected chi connectivity index (χ2v) is 17.8. The molecule has 2 atom stereocenters. The highest BCUT2D eigenvalue weighted by molar-refractivity contribution is 6.77. The number of hydrogen-bond donors (Lipinski definition) is 1. The molecule has 4 rings (SSSR count). The minimum Gasteiger partial charge on any atom is -0.491 e. The van der Waals surface area contributed by atoms with Crippen molar-refractivity contribution in [2.45, 2.75) is 128 Å². The Morgan fingerprint density at radius 1 is 0.971 bits per heavy atom. The van der Waals surface area contributed by atoms with Crippen LogP contribution < -0.4 is 15.0 Å². The number of fused-ring (bicyclic) bond motifs is 1. The molecule has 1 N–H and O–H groups in total. The van der Waals surface area contributed by atoms with Gasteiger partial charge in [0, 0.05) is 29.9 Å². The number of piperazine rings is 1. The van der Waals surface area contributed by atoms with E-state index in [0.29, 0.717) is 47.5 Å². The van der Waals surface area contributed by atoms with Gasteiger partial charge >= 0.3 is 0 Å². The van der Waals surface area contributed by atoms with Crippen LogP contribution in [0.4, 0.5) is 5.69 Å². The van der Waals surface area contributed by atoms with Gasteiger partial charge in [-0.05, 0) is 79.4 Å². The van der Waals surface area contributed by atoms with E-state index in [9.17, 15) is 0 Å². The van der Waals surface area contributed by atoms with Gasteiger partial charge in [0.05, 0.1) is 6.61 Å². The summed E-state index contributed by atoms with van der Waals surface area (Å²) >= 11 is 0. The lowest BCUT2D eigenvalue weighted by molar-refractivity contribution is 0.105. The zero-order chi connectivity index (χ0) is 24.5. The molecule has 4 nitrogen and oxygen atoms in total. The summed E-state index contributed by atoms with van der Waals surface area (Å²) in [6.45, 7) is 18.7. The molecule has 1 aromatic rings. The van der Waals surface area contributed by atoms with Crippen LogP contribution in [0.5, 0.6) is 5.75 Å². The van der Waals surface area contributed by atoms with E-state index in [2.05, 4.69) is 76.9 Å². The number of anilines is 1. The van der Waals surface area contributed by atoms with Crippen LogP contribution in [0.2, 0.25) is 16.6 Å². The first-order valence-electron chi connectivity index (χ1n) is 14.1. The van der Waals surface area contributed by atoms with Crippen LogP contribution in [0, 0.1) is 6.92 Å². The molecule has 2 aliphatic carbocycles. The number of nitrogens with one attached hydrogen (secondary N) is 1. The number of rotatable bonds is 9. The molecule has 3 fully saturated rings.